The highest BCUT2D eigenvalue weighted by Gasteiger charge is 2.23. The van der Waals surface area contributed by atoms with Crippen molar-refractivity contribution < 1.29 is 5.11 Å². The number of aliphatic hydroxyl groups excluding tert-OH is 1. The molecule has 3 heteroatoms. The summed E-state index contributed by atoms with van der Waals surface area (Å²) >= 11 is 0. The molecule has 1 heterocycles. The van der Waals surface area contributed by atoms with Crippen LogP contribution in [0.15, 0.2) is 0 Å². The topological polar surface area (TPSA) is 35.5 Å². The number of nitrogens with one attached hydrogen (secondary N) is 1. The molecule has 2 N–H and O–H groups in total. The van der Waals surface area contributed by atoms with Crippen molar-refractivity contribution in [1.29, 1.82) is 0 Å². The molecule has 1 aliphatic heterocycles. The summed E-state index contributed by atoms with van der Waals surface area (Å²) < 4.78 is 0. The molecular weight excluding hydrogens is 212 g/mol. The summed E-state index contributed by atoms with van der Waals surface area (Å²) in [6.07, 6.45) is 4.53. The van der Waals surface area contributed by atoms with E-state index in [1.807, 2.05) is 6.92 Å². The summed E-state index contributed by atoms with van der Waals surface area (Å²) in [5, 5.41) is 13.0. The third-order valence-corrected chi connectivity index (χ3v) is 4.03. The Balaban J connectivity index is 2.19. The molecule has 2 unspecified atom stereocenters. The van der Waals surface area contributed by atoms with Crippen LogP contribution in [0.1, 0.15) is 46.5 Å². The maximum atomic E-state index is 9.55. The quantitative estimate of drug-likeness (QED) is 0.715. The van der Waals surface area contributed by atoms with Crippen LogP contribution in [0.3, 0.4) is 0 Å². The van der Waals surface area contributed by atoms with Crippen LogP contribution < -0.4 is 5.32 Å². The molecule has 0 amide bonds. The van der Waals surface area contributed by atoms with E-state index < -0.39 is 0 Å². The molecule has 1 fully saturated rings. The molecule has 0 aromatic rings. The van der Waals surface area contributed by atoms with Gasteiger partial charge in [0.2, 0.25) is 0 Å². The maximum Gasteiger partial charge on any atom is 0.0662 e. The van der Waals surface area contributed by atoms with Gasteiger partial charge in [0.05, 0.1) is 6.10 Å². The molecule has 102 valence electrons. The second-order valence-electron chi connectivity index (χ2n) is 5.44. The maximum absolute atomic E-state index is 9.55. The minimum absolute atomic E-state index is 0.183. The van der Waals surface area contributed by atoms with Gasteiger partial charge in [0, 0.05) is 12.6 Å². The van der Waals surface area contributed by atoms with Gasteiger partial charge >= 0.3 is 0 Å². The van der Waals surface area contributed by atoms with E-state index in [1.54, 1.807) is 0 Å². The van der Waals surface area contributed by atoms with Gasteiger partial charge in [-0.2, -0.15) is 0 Å². The number of rotatable bonds is 7. The van der Waals surface area contributed by atoms with Crippen molar-refractivity contribution in [3.05, 3.63) is 0 Å². The number of nitrogens with zero attached hydrogens (tertiary/aromatic N) is 1. The Hall–Kier alpha value is -0.120. The fraction of sp³-hybridized carbons (Fsp3) is 1.00. The number of piperidine rings is 1. The molecule has 3 nitrogen and oxygen atoms in total. The Morgan fingerprint density at radius 1 is 1.29 bits per heavy atom. The lowest BCUT2D eigenvalue weighted by atomic mass is 9.90. The summed E-state index contributed by atoms with van der Waals surface area (Å²) in [4.78, 5) is 2.57. The third-order valence-electron chi connectivity index (χ3n) is 4.03. The zero-order valence-electron chi connectivity index (χ0n) is 11.8. The Bertz CT molecular complexity index is 191. The summed E-state index contributed by atoms with van der Waals surface area (Å²) in [5.74, 6) is 0.784. The summed E-state index contributed by atoms with van der Waals surface area (Å²) in [6, 6.07) is 0.542. The van der Waals surface area contributed by atoms with Crippen molar-refractivity contribution in [2.75, 3.05) is 26.2 Å². The molecule has 1 aliphatic rings. The van der Waals surface area contributed by atoms with E-state index in [1.165, 1.54) is 38.9 Å². The molecular formula is C14H30N2O. The van der Waals surface area contributed by atoms with Crippen molar-refractivity contribution in [1.82, 2.24) is 10.2 Å². The van der Waals surface area contributed by atoms with Crippen LogP contribution in [0.25, 0.3) is 0 Å². The van der Waals surface area contributed by atoms with E-state index in [-0.39, 0.29) is 6.10 Å². The number of hydrogen-bond acceptors (Lipinski definition) is 3. The molecule has 0 saturated carbocycles. The summed E-state index contributed by atoms with van der Waals surface area (Å²) in [6.45, 7) is 11.0. The SMILES string of the molecule is CCCN1CCC(C(C)NCC(O)CC)CC1. The molecule has 1 rings (SSSR count). The number of aliphatic hydroxyl groups is 1. The minimum Gasteiger partial charge on any atom is -0.392 e. The first-order valence-electron chi connectivity index (χ1n) is 7.31. The average Bonchev–Trinajstić information content (AvgIpc) is 2.36. The van der Waals surface area contributed by atoms with Crippen LogP contribution in [0.2, 0.25) is 0 Å². The zero-order chi connectivity index (χ0) is 12.7. The Morgan fingerprint density at radius 2 is 1.94 bits per heavy atom. The van der Waals surface area contributed by atoms with Gasteiger partial charge in [-0.15, -0.1) is 0 Å². The van der Waals surface area contributed by atoms with Gasteiger partial charge in [0.1, 0.15) is 0 Å². The van der Waals surface area contributed by atoms with Crippen molar-refractivity contribution in [3.63, 3.8) is 0 Å². The Morgan fingerprint density at radius 3 is 2.47 bits per heavy atom. The predicted molar refractivity (Wildman–Crippen MR) is 73.2 cm³/mol. The van der Waals surface area contributed by atoms with Crippen LogP contribution in [0, 0.1) is 5.92 Å². The average molecular weight is 242 g/mol. The lowest BCUT2D eigenvalue weighted by Crippen LogP contribution is -2.44. The monoisotopic (exact) mass is 242 g/mol. The van der Waals surface area contributed by atoms with E-state index in [9.17, 15) is 5.11 Å². The van der Waals surface area contributed by atoms with Crippen LogP contribution in [-0.4, -0.2) is 48.3 Å². The first-order valence-corrected chi connectivity index (χ1v) is 7.31. The van der Waals surface area contributed by atoms with E-state index in [4.69, 9.17) is 0 Å². The van der Waals surface area contributed by atoms with Crippen molar-refractivity contribution in [2.45, 2.75) is 58.6 Å². The first kappa shape index (κ1) is 14.9. The van der Waals surface area contributed by atoms with Crippen molar-refractivity contribution in [3.8, 4) is 0 Å². The van der Waals surface area contributed by atoms with Gasteiger partial charge in [-0.25, -0.2) is 0 Å². The van der Waals surface area contributed by atoms with E-state index in [2.05, 4.69) is 24.1 Å². The largest absolute Gasteiger partial charge is 0.392 e. The standard InChI is InChI=1S/C14H30N2O/c1-4-8-16-9-6-13(7-10-16)12(3)15-11-14(17)5-2/h12-15,17H,4-11H2,1-3H3. The number of hydrogen-bond donors (Lipinski definition) is 2. The zero-order valence-corrected chi connectivity index (χ0v) is 11.8. The highest BCUT2D eigenvalue weighted by Crippen LogP contribution is 2.20. The van der Waals surface area contributed by atoms with E-state index >= 15 is 0 Å². The van der Waals surface area contributed by atoms with Crippen LogP contribution in [-0.2, 0) is 0 Å². The van der Waals surface area contributed by atoms with Gasteiger partial charge in [0.15, 0.2) is 0 Å². The molecule has 1 saturated heterocycles. The Kier molecular flexibility index (Phi) is 7.09. The lowest BCUT2D eigenvalue weighted by molar-refractivity contribution is 0.137. The predicted octanol–water partition coefficient (Wildman–Crippen LogP) is 1.86. The van der Waals surface area contributed by atoms with Gasteiger partial charge < -0.3 is 15.3 Å². The smallest absolute Gasteiger partial charge is 0.0662 e. The van der Waals surface area contributed by atoms with Crippen LogP contribution >= 0.6 is 0 Å². The second-order valence-corrected chi connectivity index (χ2v) is 5.44. The fourth-order valence-corrected chi connectivity index (χ4v) is 2.63. The third kappa shape index (κ3) is 5.36. The Labute approximate surface area is 107 Å². The molecule has 2 atom stereocenters. The lowest BCUT2D eigenvalue weighted by Gasteiger charge is -2.35. The minimum atomic E-state index is -0.183. The highest BCUT2D eigenvalue weighted by atomic mass is 16.3. The summed E-state index contributed by atoms with van der Waals surface area (Å²) in [7, 11) is 0. The van der Waals surface area contributed by atoms with Gasteiger partial charge in [-0.1, -0.05) is 13.8 Å². The second kappa shape index (κ2) is 8.06. The van der Waals surface area contributed by atoms with E-state index in [0.29, 0.717) is 6.04 Å². The molecule has 0 spiro atoms. The molecule has 17 heavy (non-hydrogen) atoms. The molecule has 0 radical (unpaired) electrons. The molecule has 0 bridgehead atoms. The fourth-order valence-electron chi connectivity index (χ4n) is 2.63. The molecule has 0 aromatic carbocycles. The first-order chi connectivity index (χ1) is 8.17. The van der Waals surface area contributed by atoms with Gasteiger partial charge in [-0.3, -0.25) is 0 Å². The van der Waals surface area contributed by atoms with Crippen LogP contribution in [0.4, 0.5) is 0 Å². The molecule has 0 aromatic heterocycles. The number of likely N-dealkylation sites (tertiary alicyclic amines) is 1. The van der Waals surface area contributed by atoms with Crippen molar-refractivity contribution in [2.24, 2.45) is 5.92 Å². The van der Waals surface area contributed by atoms with Crippen molar-refractivity contribution >= 4 is 0 Å². The van der Waals surface area contributed by atoms with Gasteiger partial charge in [-0.05, 0) is 58.2 Å². The van der Waals surface area contributed by atoms with Gasteiger partial charge in [0.25, 0.3) is 0 Å². The normalized spacial score (nSPS) is 22.6. The van der Waals surface area contributed by atoms with Crippen LogP contribution in [0.5, 0.6) is 0 Å². The van der Waals surface area contributed by atoms with E-state index in [0.717, 1.165) is 18.9 Å². The highest BCUT2D eigenvalue weighted by molar-refractivity contribution is 4.80. The summed E-state index contributed by atoms with van der Waals surface area (Å²) in [5.41, 5.74) is 0. The molecule has 0 aliphatic carbocycles.